The number of aryl methyl sites for hydroxylation is 1. The first-order valence-corrected chi connectivity index (χ1v) is 6.96. The van der Waals surface area contributed by atoms with E-state index in [1.807, 2.05) is 32.2 Å². The zero-order chi connectivity index (χ0) is 17.0. The molecule has 23 heavy (non-hydrogen) atoms. The Labute approximate surface area is 133 Å². The van der Waals surface area contributed by atoms with E-state index in [2.05, 4.69) is 15.6 Å². The first kappa shape index (κ1) is 16.3. The van der Waals surface area contributed by atoms with Gasteiger partial charge in [0.25, 0.3) is 5.91 Å². The highest BCUT2D eigenvalue weighted by Crippen LogP contribution is 2.29. The van der Waals surface area contributed by atoms with Crippen LogP contribution in [0.5, 0.6) is 5.75 Å². The molecule has 0 aliphatic carbocycles. The number of carbonyl (C=O) groups is 2. The van der Waals surface area contributed by atoms with Gasteiger partial charge in [-0.3, -0.25) is 9.59 Å². The number of nitrogens with two attached hydrogens (primary N) is 1. The molecule has 5 N–H and O–H groups in total. The quantitative estimate of drug-likeness (QED) is 0.657. The van der Waals surface area contributed by atoms with Crippen molar-refractivity contribution in [3.8, 4) is 16.9 Å². The van der Waals surface area contributed by atoms with Crippen molar-refractivity contribution in [3.63, 3.8) is 0 Å². The summed E-state index contributed by atoms with van der Waals surface area (Å²) in [5.74, 6) is -1.60. The zero-order valence-corrected chi connectivity index (χ0v) is 12.9. The molecule has 0 unspecified atom stereocenters. The van der Waals surface area contributed by atoms with E-state index in [0.717, 1.165) is 16.8 Å². The lowest BCUT2D eigenvalue weighted by atomic mass is 10.0. The fourth-order valence-corrected chi connectivity index (χ4v) is 2.12. The number of aromatic nitrogens is 1. The van der Waals surface area contributed by atoms with Crippen LogP contribution in [-0.4, -0.2) is 35.5 Å². The van der Waals surface area contributed by atoms with Gasteiger partial charge in [0.15, 0.2) is 5.69 Å². The van der Waals surface area contributed by atoms with Gasteiger partial charge >= 0.3 is 0 Å². The number of nitrogens with zero attached hydrogens (tertiary/aromatic N) is 1. The molecule has 0 bridgehead atoms. The number of primary amides is 1. The first-order valence-electron chi connectivity index (χ1n) is 6.96. The van der Waals surface area contributed by atoms with E-state index in [0.29, 0.717) is 5.56 Å². The molecule has 0 saturated carbocycles. The van der Waals surface area contributed by atoms with Crippen LogP contribution in [0.15, 0.2) is 30.5 Å². The molecule has 0 radical (unpaired) electrons. The molecule has 2 rings (SSSR count). The Hall–Kier alpha value is -3.09. The average Bonchev–Trinajstić information content (AvgIpc) is 2.53. The van der Waals surface area contributed by atoms with Crippen molar-refractivity contribution in [2.75, 3.05) is 18.9 Å². The number of benzene rings is 1. The van der Waals surface area contributed by atoms with Gasteiger partial charge in [-0.15, -0.1) is 0 Å². The van der Waals surface area contributed by atoms with Crippen molar-refractivity contribution in [1.29, 1.82) is 0 Å². The van der Waals surface area contributed by atoms with E-state index in [4.69, 9.17) is 5.73 Å². The second kappa shape index (κ2) is 6.78. The number of rotatable bonds is 5. The van der Waals surface area contributed by atoms with Gasteiger partial charge in [-0.2, -0.15) is 0 Å². The van der Waals surface area contributed by atoms with E-state index >= 15 is 0 Å². The Kier molecular flexibility index (Phi) is 4.80. The highest BCUT2D eigenvalue weighted by Gasteiger charge is 2.15. The molecule has 1 aromatic heterocycles. The van der Waals surface area contributed by atoms with Crippen LogP contribution in [-0.2, 0) is 4.79 Å². The van der Waals surface area contributed by atoms with Gasteiger partial charge in [0.05, 0.1) is 6.54 Å². The molecule has 7 heteroatoms. The lowest BCUT2D eigenvalue weighted by molar-refractivity contribution is -0.117. The van der Waals surface area contributed by atoms with Crippen LogP contribution >= 0.6 is 0 Å². The summed E-state index contributed by atoms with van der Waals surface area (Å²) in [6, 6.07) is 7.29. The molecular weight excluding hydrogens is 296 g/mol. The van der Waals surface area contributed by atoms with Gasteiger partial charge < -0.3 is 21.5 Å². The van der Waals surface area contributed by atoms with Crippen molar-refractivity contribution in [2.24, 2.45) is 5.73 Å². The van der Waals surface area contributed by atoms with Gasteiger partial charge in [0.2, 0.25) is 5.91 Å². The largest absolute Gasteiger partial charge is 0.505 e. The third-order valence-corrected chi connectivity index (χ3v) is 3.34. The number of hydrogen-bond acceptors (Lipinski definition) is 5. The number of aromatic hydroxyl groups is 1. The lowest BCUT2D eigenvalue weighted by Crippen LogP contribution is -2.33. The smallest absolute Gasteiger partial charge is 0.274 e. The molecule has 0 saturated heterocycles. The number of anilines is 1. The van der Waals surface area contributed by atoms with Crippen LogP contribution in [0.4, 0.5) is 5.69 Å². The third-order valence-electron chi connectivity index (χ3n) is 3.34. The van der Waals surface area contributed by atoms with E-state index in [1.54, 1.807) is 0 Å². The second-order valence-electron chi connectivity index (χ2n) is 5.02. The number of hydrogen-bond donors (Lipinski definition) is 4. The van der Waals surface area contributed by atoms with Gasteiger partial charge in [-0.1, -0.05) is 6.07 Å². The van der Waals surface area contributed by atoms with Crippen LogP contribution in [0, 0.1) is 6.92 Å². The van der Waals surface area contributed by atoms with Crippen LogP contribution < -0.4 is 16.4 Å². The van der Waals surface area contributed by atoms with Crippen molar-refractivity contribution in [1.82, 2.24) is 10.3 Å². The van der Waals surface area contributed by atoms with Gasteiger partial charge in [0, 0.05) is 24.5 Å². The first-order chi connectivity index (χ1) is 10.9. The zero-order valence-electron chi connectivity index (χ0n) is 12.9. The van der Waals surface area contributed by atoms with Crippen molar-refractivity contribution < 1.29 is 14.7 Å². The summed E-state index contributed by atoms with van der Waals surface area (Å²) in [6.07, 6.45) is 1.50. The molecule has 0 spiro atoms. The molecule has 7 nitrogen and oxygen atoms in total. The monoisotopic (exact) mass is 314 g/mol. The van der Waals surface area contributed by atoms with E-state index in [-0.39, 0.29) is 18.0 Å². The summed E-state index contributed by atoms with van der Waals surface area (Å²) in [6.45, 7) is 1.63. The standard InChI is InChI=1S/C16H18N4O3/c1-9-3-4-11(18-2)6-12(9)10-5-13(21)15(19-7-10)16(23)20-8-14(17)22/h3-7,18,21H,8H2,1-2H3,(H2,17,22)(H,20,23). The molecule has 0 aliphatic heterocycles. The van der Waals surface area contributed by atoms with Crippen molar-refractivity contribution >= 4 is 17.5 Å². The van der Waals surface area contributed by atoms with Crippen molar-refractivity contribution in [3.05, 3.63) is 41.7 Å². The summed E-state index contributed by atoms with van der Waals surface area (Å²) < 4.78 is 0. The van der Waals surface area contributed by atoms with Crippen LogP contribution in [0.1, 0.15) is 16.1 Å². The minimum atomic E-state index is -0.672. The molecule has 0 fully saturated rings. The van der Waals surface area contributed by atoms with Crippen LogP contribution in [0.3, 0.4) is 0 Å². The lowest BCUT2D eigenvalue weighted by Gasteiger charge is -2.11. The molecule has 0 aliphatic rings. The maximum Gasteiger partial charge on any atom is 0.274 e. The Bertz CT molecular complexity index is 759. The predicted molar refractivity (Wildman–Crippen MR) is 87.1 cm³/mol. The van der Waals surface area contributed by atoms with Gasteiger partial charge in [-0.25, -0.2) is 4.98 Å². The number of carbonyl (C=O) groups excluding carboxylic acids is 2. The Balaban J connectivity index is 2.32. The normalized spacial score (nSPS) is 10.2. The Morgan fingerprint density at radius 2 is 2.04 bits per heavy atom. The third kappa shape index (κ3) is 3.76. The molecule has 1 aromatic carbocycles. The summed E-state index contributed by atoms with van der Waals surface area (Å²) in [7, 11) is 1.82. The van der Waals surface area contributed by atoms with Crippen LogP contribution in [0.25, 0.3) is 11.1 Å². The summed E-state index contributed by atoms with van der Waals surface area (Å²) in [5, 5.41) is 15.4. The maximum atomic E-state index is 11.8. The number of amides is 2. The summed E-state index contributed by atoms with van der Waals surface area (Å²) in [4.78, 5) is 26.5. The number of pyridine rings is 1. The summed E-state index contributed by atoms with van der Waals surface area (Å²) >= 11 is 0. The molecular formula is C16H18N4O3. The minimum Gasteiger partial charge on any atom is -0.505 e. The summed E-state index contributed by atoms with van der Waals surface area (Å²) in [5.41, 5.74) is 8.31. The average molecular weight is 314 g/mol. The molecule has 120 valence electrons. The molecule has 1 heterocycles. The van der Waals surface area contributed by atoms with Gasteiger partial charge in [-0.05, 0) is 36.2 Å². The van der Waals surface area contributed by atoms with Gasteiger partial charge in [0.1, 0.15) is 5.75 Å². The second-order valence-corrected chi connectivity index (χ2v) is 5.02. The minimum absolute atomic E-state index is 0.155. The highest BCUT2D eigenvalue weighted by molar-refractivity contribution is 5.97. The SMILES string of the molecule is CNc1ccc(C)c(-c2cnc(C(=O)NCC(N)=O)c(O)c2)c1. The molecule has 2 aromatic rings. The van der Waals surface area contributed by atoms with E-state index in [9.17, 15) is 14.7 Å². The highest BCUT2D eigenvalue weighted by atomic mass is 16.3. The fraction of sp³-hybridized carbons (Fsp3) is 0.188. The van der Waals surface area contributed by atoms with E-state index in [1.165, 1.54) is 12.3 Å². The number of nitrogens with one attached hydrogen (secondary N) is 2. The Morgan fingerprint density at radius 3 is 2.65 bits per heavy atom. The molecule has 2 amide bonds. The van der Waals surface area contributed by atoms with Crippen molar-refractivity contribution in [2.45, 2.75) is 6.92 Å². The maximum absolute atomic E-state index is 11.8. The predicted octanol–water partition coefficient (Wildman–Crippen LogP) is 1.02. The van der Waals surface area contributed by atoms with Crippen LogP contribution in [0.2, 0.25) is 0 Å². The fourth-order valence-electron chi connectivity index (χ4n) is 2.12. The van der Waals surface area contributed by atoms with E-state index < -0.39 is 11.8 Å². The topological polar surface area (TPSA) is 117 Å². The molecule has 0 atom stereocenters. The Morgan fingerprint density at radius 1 is 1.30 bits per heavy atom.